The Morgan fingerprint density at radius 3 is 2.29 bits per heavy atom. The highest BCUT2D eigenvalue weighted by atomic mass is 16.5. The van der Waals surface area contributed by atoms with Crippen LogP contribution in [0.3, 0.4) is 0 Å². The van der Waals surface area contributed by atoms with Crippen molar-refractivity contribution < 1.29 is 24.2 Å². The second-order valence-corrected chi connectivity index (χ2v) is 9.20. The second kappa shape index (κ2) is 11.7. The van der Waals surface area contributed by atoms with Gasteiger partial charge in [-0.15, -0.1) is 0 Å². The first-order valence-electron chi connectivity index (χ1n) is 12.3. The van der Waals surface area contributed by atoms with E-state index in [1.807, 2.05) is 91.8 Å². The van der Waals surface area contributed by atoms with Crippen molar-refractivity contribution in [3.63, 3.8) is 0 Å². The average Bonchev–Trinajstić information content (AvgIpc) is 3.20. The summed E-state index contributed by atoms with van der Waals surface area (Å²) in [6.07, 6.45) is 3.59. The number of aliphatic hydroxyl groups is 1. The van der Waals surface area contributed by atoms with Gasteiger partial charge in [-0.3, -0.25) is 9.59 Å². The normalized spacial score (nSPS) is 15.3. The first-order chi connectivity index (χ1) is 18.3. The van der Waals surface area contributed by atoms with E-state index in [4.69, 9.17) is 9.47 Å². The number of amides is 1. The maximum Gasteiger partial charge on any atom is 0.290 e. The Morgan fingerprint density at radius 2 is 1.66 bits per heavy atom. The van der Waals surface area contributed by atoms with Crippen LogP contribution in [0.2, 0.25) is 0 Å². The molecule has 1 N–H and O–H groups in total. The van der Waals surface area contributed by atoms with Crippen LogP contribution < -0.4 is 14.4 Å². The number of ketones is 1. The molecule has 0 bridgehead atoms. The van der Waals surface area contributed by atoms with Gasteiger partial charge in [0.25, 0.3) is 5.91 Å². The number of carbonyl (C=O) groups is 2. The maximum atomic E-state index is 13.4. The van der Waals surface area contributed by atoms with E-state index in [2.05, 4.69) is 0 Å². The molecule has 0 radical (unpaired) electrons. The van der Waals surface area contributed by atoms with Gasteiger partial charge in [0, 0.05) is 26.3 Å². The molecule has 0 saturated heterocycles. The van der Waals surface area contributed by atoms with E-state index in [0.717, 1.165) is 22.4 Å². The van der Waals surface area contributed by atoms with Gasteiger partial charge in [-0.05, 0) is 53.5 Å². The molecule has 7 nitrogen and oxygen atoms in total. The predicted octanol–water partition coefficient (Wildman–Crippen LogP) is 4.99. The lowest BCUT2D eigenvalue weighted by Gasteiger charge is -2.27. The number of anilines is 1. The van der Waals surface area contributed by atoms with Gasteiger partial charge in [-0.2, -0.15) is 0 Å². The fraction of sp³-hybridized carbons (Fsp3) is 0.226. The molecule has 1 heterocycles. The van der Waals surface area contributed by atoms with E-state index in [1.165, 1.54) is 6.08 Å². The minimum atomic E-state index is -0.716. The number of hydrogen-bond donors (Lipinski definition) is 1. The largest absolute Gasteiger partial charge is 0.503 e. The fourth-order valence-electron chi connectivity index (χ4n) is 4.55. The average molecular weight is 513 g/mol. The van der Waals surface area contributed by atoms with Crippen LogP contribution in [0.25, 0.3) is 6.08 Å². The van der Waals surface area contributed by atoms with Crippen LogP contribution in [0.15, 0.2) is 90.2 Å². The van der Waals surface area contributed by atoms with Crippen LogP contribution >= 0.6 is 0 Å². The lowest BCUT2D eigenvalue weighted by molar-refractivity contribution is -0.129. The van der Waals surface area contributed by atoms with Gasteiger partial charge in [0.05, 0.1) is 25.8 Å². The Morgan fingerprint density at radius 1 is 0.974 bits per heavy atom. The van der Waals surface area contributed by atoms with Gasteiger partial charge in [-0.1, -0.05) is 54.6 Å². The Kier molecular flexibility index (Phi) is 8.16. The van der Waals surface area contributed by atoms with Gasteiger partial charge in [0.1, 0.15) is 0 Å². The van der Waals surface area contributed by atoms with Crippen LogP contribution in [-0.4, -0.2) is 56.6 Å². The number of nitrogens with zero attached hydrogens (tertiary/aromatic N) is 2. The number of allylic oxidation sites excluding steroid dienone is 1. The lowest BCUT2D eigenvalue weighted by atomic mass is 9.95. The van der Waals surface area contributed by atoms with Gasteiger partial charge in [0.2, 0.25) is 0 Å². The maximum absolute atomic E-state index is 13.4. The third kappa shape index (κ3) is 5.57. The van der Waals surface area contributed by atoms with Crippen molar-refractivity contribution in [1.29, 1.82) is 0 Å². The zero-order chi connectivity index (χ0) is 27.2. The first-order valence-corrected chi connectivity index (χ1v) is 12.3. The summed E-state index contributed by atoms with van der Waals surface area (Å²) < 4.78 is 10.7. The smallest absolute Gasteiger partial charge is 0.290 e. The van der Waals surface area contributed by atoms with Crippen LogP contribution in [0.1, 0.15) is 22.7 Å². The van der Waals surface area contributed by atoms with Crippen molar-refractivity contribution >= 4 is 23.5 Å². The highest BCUT2D eigenvalue weighted by Crippen LogP contribution is 2.39. The summed E-state index contributed by atoms with van der Waals surface area (Å²) in [7, 11) is 7.03. The summed E-state index contributed by atoms with van der Waals surface area (Å²) in [5, 5.41) is 10.9. The SMILES string of the molecule is COc1ccc(CCN2C(=O)C(O)=C(C(=O)/C=C/c3ccccc3)[C@@H]2c2ccc(N(C)C)cc2)cc1OC. The number of rotatable bonds is 10. The Balaban J connectivity index is 1.66. The van der Waals surface area contributed by atoms with Crippen LogP contribution in [0.4, 0.5) is 5.69 Å². The highest BCUT2D eigenvalue weighted by Gasteiger charge is 2.42. The molecular formula is C31H32N2O5. The number of hydrogen-bond acceptors (Lipinski definition) is 6. The third-order valence-corrected chi connectivity index (χ3v) is 6.61. The summed E-state index contributed by atoms with van der Waals surface area (Å²) in [5.41, 5.74) is 3.59. The summed E-state index contributed by atoms with van der Waals surface area (Å²) in [6.45, 7) is 0.289. The molecule has 1 atom stereocenters. The second-order valence-electron chi connectivity index (χ2n) is 9.20. The third-order valence-electron chi connectivity index (χ3n) is 6.61. The van der Waals surface area contributed by atoms with Crippen molar-refractivity contribution in [1.82, 2.24) is 4.90 Å². The molecular weight excluding hydrogens is 480 g/mol. The molecule has 3 aromatic carbocycles. The first kappa shape index (κ1) is 26.5. The number of methoxy groups -OCH3 is 2. The van der Waals surface area contributed by atoms with Crippen LogP contribution in [0, 0.1) is 0 Å². The van der Waals surface area contributed by atoms with Gasteiger partial charge in [0.15, 0.2) is 23.0 Å². The number of benzene rings is 3. The van der Waals surface area contributed by atoms with Gasteiger partial charge < -0.3 is 24.4 Å². The van der Waals surface area contributed by atoms with E-state index < -0.39 is 23.5 Å². The summed E-state index contributed by atoms with van der Waals surface area (Å²) in [6, 6.07) is 21.9. The van der Waals surface area contributed by atoms with E-state index in [-0.39, 0.29) is 12.1 Å². The van der Waals surface area contributed by atoms with Crippen LogP contribution in [-0.2, 0) is 16.0 Å². The van der Waals surface area contributed by atoms with Gasteiger partial charge >= 0.3 is 0 Å². The zero-order valence-corrected chi connectivity index (χ0v) is 22.0. The number of aliphatic hydroxyl groups excluding tert-OH is 1. The van der Waals surface area contributed by atoms with Crippen molar-refractivity contribution in [2.24, 2.45) is 0 Å². The molecule has 4 rings (SSSR count). The topological polar surface area (TPSA) is 79.3 Å². The monoisotopic (exact) mass is 512 g/mol. The molecule has 1 aliphatic rings. The van der Waals surface area contributed by atoms with Crippen LogP contribution in [0.5, 0.6) is 11.5 Å². The summed E-state index contributed by atoms with van der Waals surface area (Å²) >= 11 is 0. The van der Waals surface area contributed by atoms with E-state index in [0.29, 0.717) is 17.9 Å². The highest BCUT2D eigenvalue weighted by molar-refractivity contribution is 6.14. The summed E-state index contributed by atoms with van der Waals surface area (Å²) in [5.74, 6) is -0.276. The van der Waals surface area contributed by atoms with E-state index in [9.17, 15) is 14.7 Å². The molecule has 0 aromatic heterocycles. The molecule has 0 fully saturated rings. The van der Waals surface area contributed by atoms with Crippen molar-refractivity contribution in [3.8, 4) is 11.5 Å². The predicted molar refractivity (Wildman–Crippen MR) is 149 cm³/mol. The molecule has 0 aliphatic carbocycles. The van der Waals surface area contributed by atoms with Crippen molar-refractivity contribution in [2.45, 2.75) is 12.5 Å². The standard InChI is InChI=1S/C31H32N2O5/c1-32(2)24-14-12-23(13-15-24)29-28(25(34)16-10-21-8-6-5-7-9-21)30(35)31(36)33(29)19-18-22-11-17-26(37-3)27(20-22)38-4/h5-17,20,29,35H,18-19H2,1-4H3/b16-10+/t29-/m0/s1. The molecule has 196 valence electrons. The Hall–Kier alpha value is -4.52. The fourth-order valence-corrected chi connectivity index (χ4v) is 4.55. The van der Waals surface area contributed by atoms with Crippen molar-refractivity contribution in [3.05, 3.63) is 107 Å². The Bertz CT molecular complexity index is 1360. The molecule has 0 spiro atoms. The number of carbonyl (C=O) groups excluding carboxylic acids is 2. The lowest BCUT2D eigenvalue weighted by Crippen LogP contribution is -2.33. The molecule has 0 unspecified atom stereocenters. The minimum Gasteiger partial charge on any atom is -0.503 e. The molecule has 7 heteroatoms. The molecule has 3 aromatic rings. The molecule has 38 heavy (non-hydrogen) atoms. The number of ether oxygens (including phenoxy) is 2. The zero-order valence-electron chi connectivity index (χ0n) is 22.0. The van der Waals surface area contributed by atoms with E-state index >= 15 is 0 Å². The van der Waals surface area contributed by atoms with Crippen molar-refractivity contribution in [2.75, 3.05) is 39.8 Å². The quantitative estimate of drug-likeness (QED) is 0.386. The summed E-state index contributed by atoms with van der Waals surface area (Å²) in [4.78, 5) is 30.2. The molecule has 1 aliphatic heterocycles. The molecule has 1 amide bonds. The van der Waals surface area contributed by atoms with E-state index in [1.54, 1.807) is 25.2 Å². The minimum absolute atomic E-state index is 0.0760. The molecule has 0 saturated carbocycles. The Labute approximate surface area is 223 Å². The van der Waals surface area contributed by atoms with Gasteiger partial charge in [-0.25, -0.2) is 0 Å².